The molecule has 0 aliphatic rings. The highest BCUT2D eigenvalue weighted by molar-refractivity contribution is 5.51. The molecule has 0 amide bonds. The quantitative estimate of drug-likeness (QED) is 0.776. The lowest BCUT2D eigenvalue weighted by Gasteiger charge is -2.19. The molecule has 0 radical (unpaired) electrons. The molecule has 0 aliphatic heterocycles. The molecule has 0 aromatic carbocycles. The topological polar surface area (TPSA) is 90.9 Å². The van der Waals surface area contributed by atoms with Crippen LogP contribution in [0.15, 0.2) is 6.07 Å². The molecule has 0 aliphatic carbocycles. The van der Waals surface area contributed by atoms with Crippen molar-refractivity contribution in [2.24, 2.45) is 5.92 Å². The van der Waals surface area contributed by atoms with E-state index in [2.05, 4.69) is 21.4 Å². The summed E-state index contributed by atoms with van der Waals surface area (Å²) in [6.07, 6.45) is 0. The minimum Gasteiger partial charge on any atom is -0.373 e. The van der Waals surface area contributed by atoms with Crippen molar-refractivity contribution in [2.75, 3.05) is 36.6 Å². The van der Waals surface area contributed by atoms with Gasteiger partial charge in [-0.2, -0.15) is 15.2 Å². The minimum absolute atomic E-state index is 0.0563. The van der Waals surface area contributed by atoms with Gasteiger partial charge in [-0.3, -0.25) is 0 Å². The molecule has 1 heterocycles. The van der Waals surface area contributed by atoms with Crippen LogP contribution in [0, 0.1) is 17.2 Å². The number of nitrogens with one attached hydrogen (secondary N) is 1. The molecule has 0 fully saturated rings. The zero-order valence-electron chi connectivity index (χ0n) is 9.73. The molecule has 0 saturated heterocycles. The van der Waals surface area contributed by atoms with Crippen LogP contribution in [0.25, 0.3) is 0 Å². The summed E-state index contributed by atoms with van der Waals surface area (Å²) in [6.45, 7) is 2.47. The number of anilines is 3. The summed E-state index contributed by atoms with van der Waals surface area (Å²) in [4.78, 5) is 9.99. The fourth-order valence-corrected chi connectivity index (χ4v) is 1.32. The highest BCUT2D eigenvalue weighted by atomic mass is 15.2. The van der Waals surface area contributed by atoms with Crippen molar-refractivity contribution in [3.05, 3.63) is 6.07 Å². The van der Waals surface area contributed by atoms with E-state index < -0.39 is 0 Å². The maximum absolute atomic E-state index is 8.74. The van der Waals surface area contributed by atoms with Crippen molar-refractivity contribution in [3.8, 4) is 6.07 Å². The Kier molecular flexibility index (Phi) is 3.89. The van der Waals surface area contributed by atoms with Crippen molar-refractivity contribution in [3.63, 3.8) is 0 Å². The maximum atomic E-state index is 8.74. The fourth-order valence-electron chi connectivity index (χ4n) is 1.32. The van der Waals surface area contributed by atoms with Gasteiger partial charge in [0.15, 0.2) is 0 Å². The molecule has 0 spiro atoms. The third kappa shape index (κ3) is 2.98. The van der Waals surface area contributed by atoms with E-state index in [0.29, 0.717) is 18.2 Å². The molecule has 1 atom stereocenters. The van der Waals surface area contributed by atoms with E-state index in [9.17, 15) is 0 Å². The van der Waals surface area contributed by atoms with Gasteiger partial charge in [-0.1, -0.05) is 0 Å². The molecule has 86 valence electrons. The molecule has 16 heavy (non-hydrogen) atoms. The monoisotopic (exact) mass is 220 g/mol. The van der Waals surface area contributed by atoms with E-state index in [1.54, 1.807) is 13.1 Å². The number of hydrogen-bond donors (Lipinski definition) is 2. The van der Waals surface area contributed by atoms with Crippen LogP contribution in [0.1, 0.15) is 6.92 Å². The molecule has 1 rings (SSSR count). The molecule has 1 aromatic heterocycles. The predicted molar refractivity (Wildman–Crippen MR) is 64.0 cm³/mol. The summed E-state index contributed by atoms with van der Waals surface area (Å²) in [7, 11) is 3.64. The van der Waals surface area contributed by atoms with Gasteiger partial charge in [-0.25, -0.2) is 0 Å². The van der Waals surface area contributed by atoms with Gasteiger partial charge in [0.1, 0.15) is 11.6 Å². The number of nitrogens with zero attached hydrogens (tertiary/aromatic N) is 4. The Hall–Kier alpha value is -2.03. The smallest absolute Gasteiger partial charge is 0.223 e. The van der Waals surface area contributed by atoms with Crippen molar-refractivity contribution in [1.82, 2.24) is 9.97 Å². The first-order valence-corrected chi connectivity index (χ1v) is 5.00. The van der Waals surface area contributed by atoms with Crippen LogP contribution >= 0.6 is 0 Å². The van der Waals surface area contributed by atoms with Crippen LogP contribution in [-0.2, 0) is 0 Å². The Balaban J connectivity index is 2.87. The second-order valence-corrected chi connectivity index (χ2v) is 3.63. The summed E-state index contributed by atoms with van der Waals surface area (Å²) in [5.41, 5.74) is 5.58. The lowest BCUT2D eigenvalue weighted by atomic mass is 10.2. The fraction of sp³-hybridized carbons (Fsp3) is 0.500. The van der Waals surface area contributed by atoms with Gasteiger partial charge in [0.05, 0.1) is 12.0 Å². The van der Waals surface area contributed by atoms with E-state index in [-0.39, 0.29) is 11.9 Å². The SMILES string of the molecule is CNc1cc(N(C)CC(C)C#N)nc(N)n1. The van der Waals surface area contributed by atoms with Crippen LogP contribution < -0.4 is 16.0 Å². The summed E-state index contributed by atoms with van der Waals surface area (Å²) in [6, 6.07) is 3.97. The number of hydrogen-bond acceptors (Lipinski definition) is 6. The molecular weight excluding hydrogens is 204 g/mol. The molecular formula is C10H16N6. The Morgan fingerprint density at radius 3 is 2.88 bits per heavy atom. The van der Waals surface area contributed by atoms with Gasteiger partial charge in [0, 0.05) is 26.7 Å². The van der Waals surface area contributed by atoms with Gasteiger partial charge < -0.3 is 16.0 Å². The molecule has 0 saturated carbocycles. The van der Waals surface area contributed by atoms with Gasteiger partial charge in [0.2, 0.25) is 5.95 Å². The Morgan fingerprint density at radius 2 is 2.31 bits per heavy atom. The second kappa shape index (κ2) is 5.16. The van der Waals surface area contributed by atoms with Crippen molar-refractivity contribution < 1.29 is 0 Å². The van der Waals surface area contributed by atoms with Crippen molar-refractivity contribution >= 4 is 17.6 Å². The number of nitrogens with two attached hydrogens (primary N) is 1. The summed E-state index contributed by atoms with van der Waals surface area (Å²) in [5.74, 6) is 1.54. The van der Waals surface area contributed by atoms with Crippen LogP contribution in [0.5, 0.6) is 0 Å². The molecule has 1 unspecified atom stereocenters. The summed E-state index contributed by atoms with van der Waals surface area (Å²) in [5, 5.41) is 11.6. The normalized spacial score (nSPS) is 11.6. The van der Waals surface area contributed by atoms with Crippen LogP contribution in [0.4, 0.5) is 17.6 Å². The zero-order valence-corrected chi connectivity index (χ0v) is 9.73. The molecule has 1 aromatic rings. The van der Waals surface area contributed by atoms with Gasteiger partial charge in [-0.05, 0) is 6.92 Å². The van der Waals surface area contributed by atoms with E-state index in [1.807, 2.05) is 18.9 Å². The molecule has 6 heteroatoms. The highest BCUT2D eigenvalue weighted by Gasteiger charge is 2.09. The Labute approximate surface area is 95.1 Å². The van der Waals surface area contributed by atoms with E-state index in [4.69, 9.17) is 11.0 Å². The third-order valence-corrected chi connectivity index (χ3v) is 2.15. The van der Waals surface area contributed by atoms with Crippen molar-refractivity contribution in [2.45, 2.75) is 6.92 Å². The lowest BCUT2D eigenvalue weighted by Crippen LogP contribution is -2.24. The first-order valence-electron chi connectivity index (χ1n) is 5.00. The molecule has 3 N–H and O–H groups in total. The predicted octanol–water partition coefficient (Wildman–Crippen LogP) is 0.696. The zero-order chi connectivity index (χ0) is 12.1. The van der Waals surface area contributed by atoms with Gasteiger partial charge in [0.25, 0.3) is 0 Å². The molecule has 0 bridgehead atoms. The Morgan fingerprint density at radius 1 is 1.62 bits per heavy atom. The lowest BCUT2D eigenvalue weighted by molar-refractivity contribution is 0.710. The highest BCUT2D eigenvalue weighted by Crippen LogP contribution is 2.16. The standard InChI is InChI=1S/C10H16N6/c1-7(5-11)6-16(3)9-4-8(13-2)14-10(12)15-9/h4,7H,6H2,1-3H3,(H3,12,13,14,15). The minimum atomic E-state index is -0.0563. The Bertz CT molecular complexity index is 397. The van der Waals surface area contributed by atoms with Gasteiger partial charge in [-0.15, -0.1) is 0 Å². The van der Waals surface area contributed by atoms with E-state index >= 15 is 0 Å². The number of rotatable bonds is 4. The van der Waals surface area contributed by atoms with Gasteiger partial charge >= 0.3 is 0 Å². The number of nitriles is 1. The average molecular weight is 220 g/mol. The largest absolute Gasteiger partial charge is 0.373 e. The second-order valence-electron chi connectivity index (χ2n) is 3.63. The summed E-state index contributed by atoms with van der Waals surface area (Å²) >= 11 is 0. The summed E-state index contributed by atoms with van der Waals surface area (Å²) < 4.78 is 0. The van der Waals surface area contributed by atoms with Crippen LogP contribution in [0.3, 0.4) is 0 Å². The number of aromatic nitrogens is 2. The van der Waals surface area contributed by atoms with Crippen LogP contribution in [0.2, 0.25) is 0 Å². The van der Waals surface area contributed by atoms with E-state index in [0.717, 1.165) is 0 Å². The van der Waals surface area contributed by atoms with E-state index in [1.165, 1.54) is 0 Å². The van der Waals surface area contributed by atoms with Crippen molar-refractivity contribution in [1.29, 1.82) is 5.26 Å². The molecule has 6 nitrogen and oxygen atoms in total. The maximum Gasteiger partial charge on any atom is 0.223 e. The average Bonchev–Trinajstić information content (AvgIpc) is 2.27. The third-order valence-electron chi connectivity index (χ3n) is 2.15. The first-order chi connectivity index (χ1) is 7.56. The number of nitrogen functional groups attached to an aromatic ring is 1. The van der Waals surface area contributed by atoms with Crippen LogP contribution in [-0.4, -0.2) is 30.6 Å². The first kappa shape index (κ1) is 12.0.